The zero-order valence-corrected chi connectivity index (χ0v) is 14.0. The van der Waals surface area contributed by atoms with Gasteiger partial charge in [-0.3, -0.25) is 4.98 Å². The normalized spacial score (nSPS) is 16.0. The number of nitrogens with one attached hydrogen (secondary N) is 1. The van der Waals surface area contributed by atoms with E-state index in [4.69, 9.17) is 9.47 Å². The standard InChI is InChI=1S/C20H24N2O2/c1-2-19(22-13-17-9-6-10-21-12-17)18(20-14-23-15-24-20)11-16-7-4-3-5-8-16/h3-10,12,14,18-19,22H,2,11,13,15H2,1H3. The molecule has 2 aromatic rings. The Hall–Kier alpha value is -2.33. The second kappa shape index (κ2) is 8.50. The Balaban J connectivity index is 1.72. The molecule has 2 heterocycles. The average molecular weight is 324 g/mol. The minimum atomic E-state index is 0.247. The third-order valence-corrected chi connectivity index (χ3v) is 4.37. The lowest BCUT2D eigenvalue weighted by atomic mass is 9.89. The van der Waals surface area contributed by atoms with E-state index in [1.165, 1.54) is 11.1 Å². The summed E-state index contributed by atoms with van der Waals surface area (Å²) in [7, 11) is 0. The van der Waals surface area contributed by atoms with Gasteiger partial charge in [0, 0.05) is 30.9 Å². The van der Waals surface area contributed by atoms with Crippen LogP contribution in [0.1, 0.15) is 24.5 Å². The number of ether oxygens (including phenoxy) is 2. The van der Waals surface area contributed by atoms with Crippen LogP contribution in [0.2, 0.25) is 0 Å². The first kappa shape index (κ1) is 16.5. The van der Waals surface area contributed by atoms with E-state index in [1.807, 2.05) is 18.3 Å². The molecule has 0 aliphatic carbocycles. The molecule has 0 radical (unpaired) electrons. The van der Waals surface area contributed by atoms with Gasteiger partial charge in [0.25, 0.3) is 0 Å². The molecule has 126 valence electrons. The zero-order chi connectivity index (χ0) is 16.6. The van der Waals surface area contributed by atoms with Crippen molar-refractivity contribution in [1.82, 2.24) is 10.3 Å². The van der Waals surface area contributed by atoms with Gasteiger partial charge in [-0.2, -0.15) is 0 Å². The fourth-order valence-corrected chi connectivity index (χ4v) is 3.08. The maximum absolute atomic E-state index is 5.71. The first-order valence-corrected chi connectivity index (χ1v) is 8.47. The Labute approximate surface area is 143 Å². The molecule has 0 bridgehead atoms. The predicted molar refractivity (Wildman–Crippen MR) is 93.9 cm³/mol. The SMILES string of the molecule is CCC(NCc1cccnc1)C(Cc1ccccc1)C1=COCO1. The van der Waals surface area contributed by atoms with Crippen LogP contribution in [0.3, 0.4) is 0 Å². The molecular formula is C20H24N2O2. The highest BCUT2D eigenvalue weighted by molar-refractivity contribution is 5.19. The Morgan fingerprint density at radius 1 is 1.12 bits per heavy atom. The molecule has 4 heteroatoms. The van der Waals surface area contributed by atoms with Gasteiger partial charge >= 0.3 is 0 Å². The molecule has 0 saturated heterocycles. The fourth-order valence-electron chi connectivity index (χ4n) is 3.08. The van der Waals surface area contributed by atoms with Gasteiger partial charge < -0.3 is 14.8 Å². The fraction of sp³-hybridized carbons (Fsp3) is 0.350. The van der Waals surface area contributed by atoms with Crippen LogP contribution in [0.5, 0.6) is 0 Å². The van der Waals surface area contributed by atoms with Gasteiger partial charge in [0.1, 0.15) is 12.0 Å². The number of benzene rings is 1. The number of rotatable bonds is 8. The van der Waals surface area contributed by atoms with Crippen molar-refractivity contribution < 1.29 is 9.47 Å². The number of hydrogen-bond acceptors (Lipinski definition) is 4. The maximum atomic E-state index is 5.71. The minimum absolute atomic E-state index is 0.247. The van der Waals surface area contributed by atoms with E-state index in [9.17, 15) is 0 Å². The lowest BCUT2D eigenvalue weighted by Gasteiger charge is -2.27. The van der Waals surface area contributed by atoms with Gasteiger partial charge in [-0.15, -0.1) is 0 Å². The topological polar surface area (TPSA) is 43.4 Å². The van der Waals surface area contributed by atoms with E-state index >= 15 is 0 Å². The second-order valence-corrected chi connectivity index (χ2v) is 6.00. The highest BCUT2D eigenvalue weighted by Crippen LogP contribution is 2.26. The molecule has 1 N–H and O–H groups in total. The van der Waals surface area contributed by atoms with Gasteiger partial charge in [-0.25, -0.2) is 0 Å². The van der Waals surface area contributed by atoms with Crippen LogP contribution in [0.4, 0.5) is 0 Å². The van der Waals surface area contributed by atoms with Gasteiger partial charge in [-0.05, 0) is 30.0 Å². The molecule has 1 aliphatic heterocycles. The van der Waals surface area contributed by atoms with Crippen molar-refractivity contribution in [3.63, 3.8) is 0 Å². The van der Waals surface area contributed by atoms with Crippen LogP contribution in [0, 0.1) is 5.92 Å². The highest BCUT2D eigenvalue weighted by atomic mass is 16.7. The molecule has 24 heavy (non-hydrogen) atoms. The van der Waals surface area contributed by atoms with E-state index in [-0.39, 0.29) is 5.92 Å². The van der Waals surface area contributed by atoms with Crippen molar-refractivity contribution in [2.24, 2.45) is 5.92 Å². The van der Waals surface area contributed by atoms with Crippen LogP contribution in [0.15, 0.2) is 66.9 Å². The summed E-state index contributed by atoms with van der Waals surface area (Å²) in [6.07, 6.45) is 7.41. The first-order chi connectivity index (χ1) is 11.9. The van der Waals surface area contributed by atoms with Crippen molar-refractivity contribution in [1.29, 1.82) is 0 Å². The second-order valence-electron chi connectivity index (χ2n) is 6.00. The Morgan fingerprint density at radius 2 is 1.96 bits per heavy atom. The van der Waals surface area contributed by atoms with Crippen LogP contribution in [-0.4, -0.2) is 17.8 Å². The molecule has 1 aromatic carbocycles. The summed E-state index contributed by atoms with van der Waals surface area (Å²) in [5.41, 5.74) is 2.49. The summed E-state index contributed by atoms with van der Waals surface area (Å²) >= 11 is 0. The van der Waals surface area contributed by atoms with Crippen LogP contribution < -0.4 is 5.32 Å². The van der Waals surface area contributed by atoms with Gasteiger partial charge in [-0.1, -0.05) is 43.3 Å². The van der Waals surface area contributed by atoms with E-state index < -0.39 is 0 Å². The number of aromatic nitrogens is 1. The summed E-state index contributed by atoms with van der Waals surface area (Å²) in [5.74, 6) is 1.18. The smallest absolute Gasteiger partial charge is 0.229 e. The molecule has 4 nitrogen and oxygen atoms in total. The van der Waals surface area contributed by atoms with E-state index in [0.717, 1.165) is 25.1 Å². The van der Waals surface area contributed by atoms with Crippen molar-refractivity contribution in [2.75, 3.05) is 6.79 Å². The number of hydrogen-bond donors (Lipinski definition) is 1. The third-order valence-electron chi connectivity index (χ3n) is 4.37. The predicted octanol–water partition coefficient (Wildman–Crippen LogP) is 3.65. The van der Waals surface area contributed by atoms with Crippen LogP contribution in [0.25, 0.3) is 0 Å². The quantitative estimate of drug-likeness (QED) is 0.805. The molecule has 3 rings (SSSR count). The number of pyridine rings is 1. The Morgan fingerprint density at radius 3 is 2.62 bits per heavy atom. The molecule has 0 fully saturated rings. The van der Waals surface area contributed by atoms with Crippen molar-refractivity contribution >= 4 is 0 Å². The summed E-state index contributed by atoms with van der Waals surface area (Å²) in [6.45, 7) is 3.32. The Kier molecular flexibility index (Phi) is 5.85. The van der Waals surface area contributed by atoms with E-state index in [2.05, 4.69) is 47.6 Å². The maximum Gasteiger partial charge on any atom is 0.229 e. The van der Waals surface area contributed by atoms with Gasteiger partial charge in [0.15, 0.2) is 0 Å². The largest absolute Gasteiger partial charge is 0.462 e. The molecule has 1 aliphatic rings. The van der Waals surface area contributed by atoms with Crippen LogP contribution in [-0.2, 0) is 22.4 Å². The molecule has 0 spiro atoms. The lowest BCUT2D eigenvalue weighted by Crippen LogP contribution is -2.37. The molecule has 2 atom stereocenters. The lowest BCUT2D eigenvalue weighted by molar-refractivity contribution is 0.0664. The van der Waals surface area contributed by atoms with Crippen LogP contribution >= 0.6 is 0 Å². The summed E-state index contributed by atoms with van der Waals surface area (Å²) in [4.78, 5) is 4.18. The molecule has 2 unspecified atom stereocenters. The summed E-state index contributed by atoms with van der Waals surface area (Å²) in [5, 5.41) is 3.67. The third kappa shape index (κ3) is 4.36. The van der Waals surface area contributed by atoms with E-state index in [1.54, 1.807) is 12.5 Å². The average Bonchev–Trinajstić information content (AvgIpc) is 3.17. The molecule has 0 saturated carbocycles. The first-order valence-electron chi connectivity index (χ1n) is 8.47. The van der Waals surface area contributed by atoms with Crippen molar-refractivity contribution in [3.05, 3.63) is 78.0 Å². The molecule has 1 aromatic heterocycles. The minimum Gasteiger partial charge on any atom is -0.462 e. The Bertz CT molecular complexity index is 643. The molecule has 0 amide bonds. The number of nitrogens with zero attached hydrogens (tertiary/aromatic N) is 1. The van der Waals surface area contributed by atoms with Gasteiger partial charge in [0.05, 0.1) is 0 Å². The molecular weight excluding hydrogens is 300 g/mol. The monoisotopic (exact) mass is 324 g/mol. The highest BCUT2D eigenvalue weighted by Gasteiger charge is 2.27. The summed E-state index contributed by atoms with van der Waals surface area (Å²) in [6, 6.07) is 14.9. The summed E-state index contributed by atoms with van der Waals surface area (Å²) < 4.78 is 11.0. The van der Waals surface area contributed by atoms with Crippen molar-refractivity contribution in [2.45, 2.75) is 32.4 Å². The van der Waals surface area contributed by atoms with Gasteiger partial charge in [0.2, 0.25) is 6.79 Å². The van der Waals surface area contributed by atoms with E-state index in [0.29, 0.717) is 12.8 Å². The van der Waals surface area contributed by atoms with Crippen molar-refractivity contribution in [3.8, 4) is 0 Å². The zero-order valence-electron chi connectivity index (χ0n) is 14.0.